The minimum atomic E-state index is 0.241. The summed E-state index contributed by atoms with van der Waals surface area (Å²) >= 11 is 0. The van der Waals surface area contributed by atoms with Crippen LogP contribution >= 0.6 is 0 Å². The molecule has 0 bridgehead atoms. The van der Waals surface area contributed by atoms with Gasteiger partial charge in [0.05, 0.1) is 6.10 Å². The lowest BCUT2D eigenvalue weighted by Crippen LogP contribution is -2.63. The molecule has 3 nitrogen and oxygen atoms in total. The summed E-state index contributed by atoms with van der Waals surface area (Å²) < 4.78 is 5.89. The van der Waals surface area contributed by atoms with Gasteiger partial charge < -0.3 is 15.0 Å². The van der Waals surface area contributed by atoms with Crippen LogP contribution < -0.4 is 10.2 Å². The van der Waals surface area contributed by atoms with Gasteiger partial charge >= 0.3 is 0 Å². The van der Waals surface area contributed by atoms with Gasteiger partial charge in [0.1, 0.15) is 0 Å². The van der Waals surface area contributed by atoms with Gasteiger partial charge in [0.15, 0.2) is 0 Å². The Balaban J connectivity index is 1.51. The van der Waals surface area contributed by atoms with Crippen LogP contribution in [0.4, 0.5) is 11.4 Å². The van der Waals surface area contributed by atoms with E-state index < -0.39 is 0 Å². The third-order valence-electron chi connectivity index (χ3n) is 5.74. The van der Waals surface area contributed by atoms with Crippen molar-refractivity contribution in [1.82, 2.24) is 0 Å². The number of rotatable bonds is 3. The van der Waals surface area contributed by atoms with Crippen LogP contribution in [0.15, 0.2) is 24.3 Å². The van der Waals surface area contributed by atoms with Crippen LogP contribution in [0.1, 0.15) is 33.1 Å². The highest BCUT2D eigenvalue weighted by Gasteiger charge is 2.59. The van der Waals surface area contributed by atoms with Crippen LogP contribution in [0.25, 0.3) is 0 Å². The summed E-state index contributed by atoms with van der Waals surface area (Å²) in [7, 11) is 0. The maximum Gasteiger partial charge on any atom is 0.0694 e. The SMILES string of the molecule is CC1(C)C(Nc2cccc(N3CCCC3)c2)C2CCOC21. The van der Waals surface area contributed by atoms with Crippen molar-refractivity contribution < 1.29 is 4.74 Å². The van der Waals surface area contributed by atoms with Gasteiger partial charge in [0.25, 0.3) is 0 Å². The van der Waals surface area contributed by atoms with Crippen LogP contribution in [0, 0.1) is 11.3 Å². The van der Waals surface area contributed by atoms with E-state index in [0.29, 0.717) is 18.1 Å². The van der Waals surface area contributed by atoms with Crippen LogP contribution in [-0.2, 0) is 4.74 Å². The third-order valence-corrected chi connectivity index (χ3v) is 5.74. The maximum absolute atomic E-state index is 5.89. The number of anilines is 2. The molecule has 0 aromatic heterocycles. The molecule has 1 aromatic carbocycles. The zero-order valence-electron chi connectivity index (χ0n) is 13.1. The zero-order valence-corrected chi connectivity index (χ0v) is 13.1. The van der Waals surface area contributed by atoms with Crippen molar-refractivity contribution in [2.75, 3.05) is 29.9 Å². The fourth-order valence-electron chi connectivity index (χ4n) is 4.56. The Morgan fingerprint density at radius 1 is 1.24 bits per heavy atom. The van der Waals surface area contributed by atoms with Crippen molar-refractivity contribution in [2.45, 2.75) is 45.3 Å². The molecule has 4 rings (SSSR count). The summed E-state index contributed by atoms with van der Waals surface area (Å²) in [5, 5.41) is 3.80. The highest BCUT2D eigenvalue weighted by Crippen LogP contribution is 2.53. The molecule has 3 atom stereocenters. The zero-order chi connectivity index (χ0) is 14.4. The Labute approximate surface area is 127 Å². The Hall–Kier alpha value is -1.22. The normalized spacial score (nSPS) is 33.6. The van der Waals surface area contributed by atoms with E-state index in [9.17, 15) is 0 Å². The Kier molecular flexibility index (Phi) is 3.14. The van der Waals surface area contributed by atoms with Crippen molar-refractivity contribution in [2.24, 2.45) is 11.3 Å². The number of fused-ring (bicyclic) bond motifs is 1. The fraction of sp³-hybridized carbons (Fsp3) is 0.667. The number of nitrogens with one attached hydrogen (secondary N) is 1. The monoisotopic (exact) mass is 286 g/mol. The van der Waals surface area contributed by atoms with E-state index in [-0.39, 0.29) is 5.41 Å². The Morgan fingerprint density at radius 3 is 2.86 bits per heavy atom. The molecule has 0 amide bonds. The summed E-state index contributed by atoms with van der Waals surface area (Å²) in [5.41, 5.74) is 2.88. The average molecular weight is 286 g/mol. The second-order valence-electron chi connectivity index (χ2n) is 7.43. The van der Waals surface area contributed by atoms with Gasteiger partial charge in [0, 0.05) is 48.4 Å². The Bertz CT molecular complexity index is 522. The van der Waals surface area contributed by atoms with Crippen LogP contribution in [-0.4, -0.2) is 31.8 Å². The van der Waals surface area contributed by atoms with Gasteiger partial charge in [-0.25, -0.2) is 0 Å². The van der Waals surface area contributed by atoms with Gasteiger partial charge in [0.2, 0.25) is 0 Å². The van der Waals surface area contributed by atoms with Gasteiger partial charge in [-0.1, -0.05) is 19.9 Å². The second kappa shape index (κ2) is 4.91. The molecule has 114 valence electrons. The standard InChI is InChI=1S/C18H26N2O/c1-18(2)16(15-8-11-21-17(15)18)19-13-6-5-7-14(12-13)20-9-3-4-10-20/h5-7,12,15-17,19H,3-4,8-11H2,1-2H3. The van der Waals surface area contributed by atoms with Crippen molar-refractivity contribution in [1.29, 1.82) is 0 Å². The molecule has 2 saturated heterocycles. The van der Waals surface area contributed by atoms with E-state index in [1.165, 1.54) is 43.7 Å². The molecule has 1 aliphatic carbocycles. The first kappa shape index (κ1) is 13.4. The summed E-state index contributed by atoms with van der Waals surface area (Å²) in [5.74, 6) is 0.690. The highest BCUT2D eigenvalue weighted by atomic mass is 16.5. The van der Waals surface area contributed by atoms with Gasteiger partial charge in [-0.3, -0.25) is 0 Å². The van der Waals surface area contributed by atoms with Crippen molar-refractivity contribution in [3.63, 3.8) is 0 Å². The predicted octanol–water partition coefficient (Wildman–Crippen LogP) is 3.51. The molecule has 3 unspecified atom stereocenters. The summed E-state index contributed by atoms with van der Waals surface area (Å²) in [6.45, 7) is 8.02. The average Bonchev–Trinajstić information content (AvgIpc) is 3.15. The van der Waals surface area contributed by atoms with E-state index >= 15 is 0 Å². The molecular weight excluding hydrogens is 260 g/mol. The molecule has 1 aromatic rings. The lowest BCUT2D eigenvalue weighted by molar-refractivity contribution is -0.0923. The molecular formula is C18H26N2O. The van der Waals surface area contributed by atoms with Gasteiger partial charge in [-0.2, -0.15) is 0 Å². The molecule has 21 heavy (non-hydrogen) atoms. The van der Waals surface area contributed by atoms with E-state index in [1.807, 2.05) is 0 Å². The predicted molar refractivity (Wildman–Crippen MR) is 86.9 cm³/mol. The van der Waals surface area contributed by atoms with Gasteiger partial charge in [-0.05, 0) is 37.5 Å². The fourth-order valence-corrected chi connectivity index (χ4v) is 4.56. The minimum Gasteiger partial charge on any atom is -0.381 e. The molecule has 2 heterocycles. The highest BCUT2D eigenvalue weighted by molar-refractivity contribution is 5.59. The summed E-state index contributed by atoms with van der Waals surface area (Å²) in [4.78, 5) is 2.50. The molecule has 3 fully saturated rings. The summed E-state index contributed by atoms with van der Waals surface area (Å²) in [6.07, 6.45) is 4.32. The van der Waals surface area contributed by atoms with E-state index in [4.69, 9.17) is 4.74 Å². The lowest BCUT2D eigenvalue weighted by atomic mass is 9.57. The van der Waals surface area contributed by atoms with Crippen LogP contribution in [0.5, 0.6) is 0 Å². The van der Waals surface area contributed by atoms with Crippen molar-refractivity contribution in [3.8, 4) is 0 Å². The number of hydrogen-bond donors (Lipinski definition) is 1. The molecule has 0 radical (unpaired) electrons. The topological polar surface area (TPSA) is 24.5 Å². The first-order valence-electron chi connectivity index (χ1n) is 8.39. The maximum atomic E-state index is 5.89. The number of ether oxygens (including phenoxy) is 1. The molecule has 1 N–H and O–H groups in total. The van der Waals surface area contributed by atoms with Crippen molar-refractivity contribution >= 4 is 11.4 Å². The van der Waals surface area contributed by atoms with Crippen molar-refractivity contribution in [3.05, 3.63) is 24.3 Å². The quantitative estimate of drug-likeness (QED) is 0.920. The first-order valence-corrected chi connectivity index (χ1v) is 8.39. The summed E-state index contributed by atoms with van der Waals surface area (Å²) in [6, 6.07) is 9.50. The number of benzene rings is 1. The smallest absolute Gasteiger partial charge is 0.0694 e. The van der Waals surface area contributed by atoms with Crippen LogP contribution in [0.2, 0.25) is 0 Å². The minimum absolute atomic E-state index is 0.241. The molecule has 2 aliphatic heterocycles. The molecule has 3 heteroatoms. The third kappa shape index (κ3) is 2.13. The molecule has 0 spiro atoms. The number of hydrogen-bond acceptors (Lipinski definition) is 3. The van der Waals surface area contributed by atoms with Crippen LogP contribution in [0.3, 0.4) is 0 Å². The number of nitrogens with zero attached hydrogens (tertiary/aromatic N) is 1. The van der Waals surface area contributed by atoms with E-state index in [2.05, 4.69) is 48.3 Å². The first-order chi connectivity index (χ1) is 10.2. The molecule has 3 aliphatic rings. The van der Waals surface area contributed by atoms with E-state index in [0.717, 1.165) is 6.61 Å². The lowest BCUT2D eigenvalue weighted by Gasteiger charge is -2.55. The Morgan fingerprint density at radius 2 is 2.05 bits per heavy atom. The van der Waals surface area contributed by atoms with E-state index in [1.54, 1.807) is 0 Å². The second-order valence-corrected chi connectivity index (χ2v) is 7.43. The van der Waals surface area contributed by atoms with Gasteiger partial charge in [-0.15, -0.1) is 0 Å². The largest absolute Gasteiger partial charge is 0.381 e. The molecule has 1 saturated carbocycles.